The van der Waals surface area contributed by atoms with Crippen molar-refractivity contribution in [1.29, 1.82) is 0 Å². The predicted molar refractivity (Wildman–Crippen MR) is 154 cm³/mol. The highest BCUT2D eigenvalue weighted by Gasteiger charge is 2.46. The quantitative estimate of drug-likeness (QED) is 0.0975. The van der Waals surface area contributed by atoms with E-state index in [1.807, 2.05) is 0 Å². The number of amides is 1. The lowest BCUT2D eigenvalue weighted by Gasteiger charge is -2.24. The van der Waals surface area contributed by atoms with E-state index in [0.29, 0.717) is 43.6 Å². The summed E-state index contributed by atoms with van der Waals surface area (Å²) in [6, 6.07) is 12.2. The van der Waals surface area contributed by atoms with Gasteiger partial charge in [0.25, 0.3) is 5.91 Å². The van der Waals surface area contributed by atoms with Crippen molar-refractivity contribution < 1.29 is 23.8 Å². The molecule has 1 unspecified atom stereocenters. The molecular formula is C28H23FN4O4S3. The normalized spacial score (nSPS) is 15.1. The average molecular weight is 595 g/mol. The van der Waals surface area contributed by atoms with E-state index in [2.05, 4.69) is 21.8 Å². The van der Waals surface area contributed by atoms with Gasteiger partial charge in [-0.1, -0.05) is 60.0 Å². The summed E-state index contributed by atoms with van der Waals surface area (Å²) in [5, 5.41) is 20.4. The summed E-state index contributed by atoms with van der Waals surface area (Å²) in [5.74, 6) is -1.05. The molecule has 1 amide bonds. The van der Waals surface area contributed by atoms with E-state index in [0.717, 1.165) is 5.56 Å². The number of thioether (sulfide) groups is 1. The molecule has 1 N–H and O–H groups in total. The standard InChI is InChI=1S/C28H23FN4O4S3/c1-4-13-37-20-11-7-18(8-12-20)22-21(23(34)25-15(2)30-16(3)39-25)24(35)26(36)33(22)27-31-32-28(40-27)38-14-17-5-9-19(29)10-6-17/h4-12,22,35H,1,13-14H2,2-3H3. The monoisotopic (exact) mass is 594 g/mol. The van der Waals surface area contributed by atoms with Crippen LogP contribution in [-0.2, 0) is 10.5 Å². The number of rotatable bonds is 10. The van der Waals surface area contributed by atoms with Gasteiger partial charge in [0.2, 0.25) is 10.9 Å². The van der Waals surface area contributed by atoms with Crippen molar-refractivity contribution in [3.63, 3.8) is 0 Å². The van der Waals surface area contributed by atoms with Gasteiger partial charge in [-0.15, -0.1) is 21.5 Å². The summed E-state index contributed by atoms with van der Waals surface area (Å²) >= 11 is 3.76. The molecule has 1 atom stereocenters. The second kappa shape index (κ2) is 11.7. The molecule has 3 heterocycles. The van der Waals surface area contributed by atoms with Crippen LogP contribution >= 0.6 is 34.4 Å². The second-order valence-electron chi connectivity index (χ2n) is 8.75. The summed E-state index contributed by atoms with van der Waals surface area (Å²) in [6.45, 7) is 7.48. The van der Waals surface area contributed by atoms with Crippen LogP contribution in [-0.4, -0.2) is 38.6 Å². The van der Waals surface area contributed by atoms with Crippen molar-refractivity contribution >= 4 is 51.3 Å². The molecule has 0 fully saturated rings. The fraction of sp³-hybridized carbons (Fsp3) is 0.179. The molecule has 4 aromatic rings. The lowest BCUT2D eigenvalue weighted by molar-refractivity contribution is -0.117. The SMILES string of the molecule is C=CCOc1ccc(C2C(C(=O)c3sc(C)nc3C)=C(O)C(=O)N2c2nnc(SCc3ccc(F)cc3)s2)cc1. The Morgan fingerprint density at radius 2 is 1.88 bits per heavy atom. The molecule has 204 valence electrons. The first-order chi connectivity index (χ1) is 19.3. The number of hydrogen-bond acceptors (Lipinski definition) is 10. The molecule has 40 heavy (non-hydrogen) atoms. The van der Waals surface area contributed by atoms with E-state index >= 15 is 0 Å². The van der Waals surface area contributed by atoms with Gasteiger partial charge in [0.1, 0.15) is 18.2 Å². The van der Waals surface area contributed by atoms with Crippen LogP contribution in [0, 0.1) is 19.7 Å². The molecule has 0 saturated heterocycles. The zero-order valence-electron chi connectivity index (χ0n) is 21.5. The number of thiazole rings is 1. The highest BCUT2D eigenvalue weighted by Crippen LogP contribution is 2.44. The summed E-state index contributed by atoms with van der Waals surface area (Å²) in [4.78, 5) is 33.2. The van der Waals surface area contributed by atoms with Crippen molar-refractivity contribution in [2.45, 2.75) is 30.0 Å². The van der Waals surface area contributed by atoms with Gasteiger partial charge in [-0.2, -0.15) is 0 Å². The fourth-order valence-corrected chi connectivity index (χ4v) is 6.90. The number of hydrogen-bond donors (Lipinski definition) is 1. The largest absolute Gasteiger partial charge is 0.503 e. The van der Waals surface area contributed by atoms with Gasteiger partial charge >= 0.3 is 0 Å². The van der Waals surface area contributed by atoms with Crippen molar-refractivity contribution in [1.82, 2.24) is 15.2 Å². The Bertz CT molecular complexity index is 1610. The molecule has 0 spiro atoms. The van der Waals surface area contributed by atoms with Gasteiger partial charge in [-0.25, -0.2) is 9.37 Å². The molecule has 1 aliphatic rings. The molecule has 0 bridgehead atoms. The number of anilines is 1. The summed E-state index contributed by atoms with van der Waals surface area (Å²) in [6.07, 6.45) is 1.63. The minimum Gasteiger partial charge on any atom is -0.503 e. The number of Topliss-reactive ketones (excluding diaryl/α,β-unsaturated/α-hetero) is 1. The lowest BCUT2D eigenvalue weighted by Crippen LogP contribution is -2.31. The highest BCUT2D eigenvalue weighted by atomic mass is 32.2. The van der Waals surface area contributed by atoms with E-state index in [1.54, 1.807) is 56.3 Å². The minimum absolute atomic E-state index is 0.0489. The Labute approximate surface area is 241 Å². The number of aliphatic hydroxyl groups is 1. The number of ketones is 1. The van der Waals surface area contributed by atoms with Crippen LogP contribution in [0.4, 0.5) is 9.52 Å². The molecule has 12 heteroatoms. The van der Waals surface area contributed by atoms with Gasteiger partial charge in [0.05, 0.1) is 27.2 Å². The number of nitrogens with zero attached hydrogens (tertiary/aromatic N) is 4. The fourth-order valence-electron chi connectivity index (χ4n) is 4.20. The highest BCUT2D eigenvalue weighted by molar-refractivity contribution is 8.00. The van der Waals surface area contributed by atoms with Gasteiger partial charge in [-0.05, 0) is 49.2 Å². The van der Waals surface area contributed by atoms with Crippen LogP contribution < -0.4 is 9.64 Å². The first-order valence-corrected chi connectivity index (χ1v) is 14.7. The van der Waals surface area contributed by atoms with Crippen molar-refractivity contribution in [3.05, 3.63) is 105 Å². The number of carbonyl (C=O) groups is 2. The molecule has 2 aromatic heterocycles. The third-order valence-electron chi connectivity index (χ3n) is 6.00. The second-order valence-corrected chi connectivity index (χ2v) is 12.1. The van der Waals surface area contributed by atoms with Crippen LogP contribution in [0.5, 0.6) is 5.75 Å². The van der Waals surface area contributed by atoms with Crippen molar-refractivity contribution in [2.24, 2.45) is 0 Å². The van der Waals surface area contributed by atoms with Crippen LogP contribution in [0.2, 0.25) is 0 Å². The third kappa shape index (κ3) is 5.55. The Morgan fingerprint density at radius 3 is 2.52 bits per heavy atom. The molecule has 5 rings (SSSR count). The van der Waals surface area contributed by atoms with E-state index in [9.17, 15) is 19.1 Å². The minimum atomic E-state index is -0.946. The van der Waals surface area contributed by atoms with E-state index in [4.69, 9.17) is 4.74 Å². The van der Waals surface area contributed by atoms with E-state index in [-0.39, 0.29) is 16.5 Å². The van der Waals surface area contributed by atoms with E-state index in [1.165, 1.54) is 51.5 Å². The van der Waals surface area contributed by atoms with Crippen LogP contribution in [0.3, 0.4) is 0 Å². The predicted octanol–water partition coefficient (Wildman–Crippen LogP) is 6.39. The van der Waals surface area contributed by atoms with E-state index < -0.39 is 23.5 Å². The zero-order chi connectivity index (χ0) is 28.4. The Kier molecular flexibility index (Phi) is 8.10. The topological polar surface area (TPSA) is 106 Å². The van der Waals surface area contributed by atoms with Gasteiger partial charge in [-0.3, -0.25) is 14.5 Å². The summed E-state index contributed by atoms with van der Waals surface area (Å²) in [7, 11) is 0. The number of ether oxygens (including phenoxy) is 1. The third-order valence-corrected chi connectivity index (χ3v) is 9.20. The molecule has 1 aliphatic heterocycles. The number of halogens is 1. The molecule has 0 aliphatic carbocycles. The van der Waals surface area contributed by atoms with Crippen LogP contribution in [0.15, 0.2) is 76.9 Å². The average Bonchev–Trinajstić information content (AvgIpc) is 3.62. The molecule has 0 radical (unpaired) electrons. The number of aliphatic hydroxyl groups excluding tert-OH is 1. The van der Waals surface area contributed by atoms with Crippen LogP contribution in [0.25, 0.3) is 0 Å². The number of aromatic nitrogens is 3. The Morgan fingerprint density at radius 1 is 1.15 bits per heavy atom. The van der Waals surface area contributed by atoms with Gasteiger partial charge in [0.15, 0.2) is 10.1 Å². The first-order valence-electron chi connectivity index (χ1n) is 12.1. The van der Waals surface area contributed by atoms with Crippen LogP contribution in [0.1, 0.15) is 37.5 Å². The maximum Gasteiger partial charge on any atom is 0.296 e. The Balaban J connectivity index is 1.49. The molecule has 8 nitrogen and oxygen atoms in total. The Hall–Kier alpha value is -3.87. The lowest BCUT2D eigenvalue weighted by atomic mass is 9.95. The van der Waals surface area contributed by atoms with Crippen molar-refractivity contribution in [2.75, 3.05) is 11.5 Å². The summed E-state index contributed by atoms with van der Waals surface area (Å²) in [5.41, 5.74) is 1.97. The molecule has 0 saturated carbocycles. The molecular weight excluding hydrogens is 572 g/mol. The zero-order valence-corrected chi connectivity index (χ0v) is 23.9. The van der Waals surface area contributed by atoms with Gasteiger partial charge < -0.3 is 9.84 Å². The number of aryl methyl sites for hydroxylation is 2. The molecule has 2 aromatic carbocycles. The summed E-state index contributed by atoms with van der Waals surface area (Å²) < 4.78 is 19.4. The maximum absolute atomic E-state index is 13.8. The number of benzene rings is 2. The van der Waals surface area contributed by atoms with Gasteiger partial charge in [0, 0.05) is 5.75 Å². The smallest absolute Gasteiger partial charge is 0.296 e. The maximum atomic E-state index is 13.8. The first kappa shape index (κ1) is 27.7. The van der Waals surface area contributed by atoms with Crippen molar-refractivity contribution in [3.8, 4) is 5.75 Å². The number of carbonyl (C=O) groups excluding carboxylic acids is 2.